The number of aromatic nitrogens is 1. The quantitative estimate of drug-likeness (QED) is 0.709. The van der Waals surface area contributed by atoms with Crippen molar-refractivity contribution in [1.29, 1.82) is 5.26 Å². The lowest BCUT2D eigenvalue weighted by Crippen LogP contribution is -2.22. The minimum Gasteiger partial charge on any atom is -0.488 e. The molecule has 0 unspecified atom stereocenters. The molecule has 1 rings (SSSR count). The zero-order valence-electron chi connectivity index (χ0n) is 10.3. The summed E-state index contributed by atoms with van der Waals surface area (Å²) >= 11 is 0. The van der Waals surface area contributed by atoms with Crippen LogP contribution in [0.15, 0.2) is 23.1 Å². The monoisotopic (exact) mass is 234 g/mol. The van der Waals surface area contributed by atoms with Crippen molar-refractivity contribution < 1.29 is 4.74 Å². The van der Waals surface area contributed by atoms with Gasteiger partial charge in [-0.05, 0) is 24.5 Å². The molecule has 0 aliphatic heterocycles. The third kappa shape index (κ3) is 4.31. The number of aryl methyl sites for hydroxylation is 1. The highest BCUT2D eigenvalue weighted by Gasteiger charge is 2.04. The molecule has 1 heterocycles. The molecular formula is C13H18N2O2. The fourth-order valence-corrected chi connectivity index (χ4v) is 1.39. The first kappa shape index (κ1) is 13.3. The van der Waals surface area contributed by atoms with Crippen LogP contribution in [0.1, 0.15) is 26.7 Å². The highest BCUT2D eigenvalue weighted by Crippen LogP contribution is 2.05. The number of hydrogen-bond donors (Lipinski definition) is 0. The Labute approximate surface area is 101 Å². The van der Waals surface area contributed by atoms with Gasteiger partial charge in [-0.15, -0.1) is 0 Å². The molecule has 0 aromatic carbocycles. The van der Waals surface area contributed by atoms with Crippen molar-refractivity contribution in [2.45, 2.75) is 33.2 Å². The fourth-order valence-electron chi connectivity index (χ4n) is 1.39. The van der Waals surface area contributed by atoms with Gasteiger partial charge < -0.3 is 9.30 Å². The van der Waals surface area contributed by atoms with Crippen LogP contribution in [0.3, 0.4) is 0 Å². The first-order valence-corrected chi connectivity index (χ1v) is 5.84. The van der Waals surface area contributed by atoms with Crippen LogP contribution in [0.2, 0.25) is 0 Å². The third-order valence-corrected chi connectivity index (χ3v) is 2.25. The van der Waals surface area contributed by atoms with E-state index in [1.54, 1.807) is 22.9 Å². The summed E-state index contributed by atoms with van der Waals surface area (Å²) in [7, 11) is 0. The lowest BCUT2D eigenvalue weighted by molar-refractivity contribution is 0.265. The molecule has 0 fully saturated rings. The smallest absolute Gasteiger partial charge is 0.292 e. The van der Waals surface area contributed by atoms with E-state index in [0.29, 0.717) is 37.7 Å². The summed E-state index contributed by atoms with van der Waals surface area (Å²) in [6.07, 6.45) is 2.87. The largest absolute Gasteiger partial charge is 0.488 e. The summed E-state index contributed by atoms with van der Waals surface area (Å²) in [5.41, 5.74) is -0.119. The van der Waals surface area contributed by atoms with E-state index in [4.69, 9.17) is 10.00 Å². The molecule has 0 bridgehead atoms. The molecule has 0 saturated carbocycles. The second-order valence-corrected chi connectivity index (χ2v) is 4.34. The third-order valence-electron chi connectivity index (χ3n) is 2.25. The average Bonchev–Trinajstić information content (AvgIpc) is 2.30. The summed E-state index contributed by atoms with van der Waals surface area (Å²) in [5, 5.41) is 8.45. The average molecular weight is 234 g/mol. The number of nitrogens with zero attached hydrogens (tertiary/aromatic N) is 2. The van der Waals surface area contributed by atoms with Crippen LogP contribution in [-0.2, 0) is 6.54 Å². The number of pyridine rings is 1. The van der Waals surface area contributed by atoms with Crippen LogP contribution in [-0.4, -0.2) is 11.2 Å². The van der Waals surface area contributed by atoms with Gasteiger partial charge in [-0.1, -0.05) is 13.8 Å². The molecule has 92 valence electrons. The Morgan fingerprint density at radius 2 is 2.29 bits per heavy atom. The second kappa shape index (κ2) is 6.74. The molecule has 0 N–H and O–H groups in total. The van der Waals surface area contributed by atoms with Gasteiger partial charge in [0.15, 0.2) is 5.75 Å². The molecule has 0 spiro atoms. The molecule has 0 radical (unpaired) electrons. The maximum atomic E-state index is 11.9. The van der Waals surface area contributed by atoms with Gasteiger partial charge in [-0.25, -0.2) is 0 Å². The first-order chi connectivity index (χ1) is 8.15. The lowest BCUT2D eigenvalue weighted by Gasteiger charge is -2.10. The molecule has 0 aliphatic carbocycles. The molecular weight excluding hydrogens is 216 g/mol. The molecule has 1 aromatic heterocycles. The number of unbranched alkanes of at least 4 members (excludes halogenated alkanes) is 1. The summed E-state index contributed by atoms with van der Waals surface area (Å²) in [4.78, 5) is 11.9. The number of nitriles is 1. The van der Waals surface area contributed by atoms with Crippen molar-refractivity contribution in [2.24, 2.45) is 5.92 Å². The van der Waals surface area contributed by atoms with Gasteiger partial charge in [0.25, 0.3) is 5.56 Å². The topological polar surface area (TPSA) is 55.0 Å². The van der Waals surface area contributed by atoms with Crippen molar-refractivity contribution in [1.82, 2.24) is 4.57 Å². The summed E-state index contributed by atoms with van der Waals surface area (Å²) < 4.78 is 7.04. The lowest BCUT2D eigenvalue weighted by atomic mass is 10.2. The molecule has 17 heavy (non-hydrogen) atoms. The Morgan fingerprint density at radius 3 is 2.94 bits per heavy atom. The van der Waals surface area contributed by atoms with E-state index < -0.39 is 0 Å². The molecule has 0 aliphatic rings. The van der Waals surface area contributed by atoms with Gasteiger partial charge in [-0.2, -0.15) is 5.26 Å². The van der Waals surface area contributed by atoms with E-state index in [0.717, 1.165) is 0 Å². The van der Waals surface area contributed by atoms with Crippen LogP contribution < -0.4 is 10.3 Å². The zero-order valence-corrected chi connectivity index (χ0v) is 10.3. The second-order valence-electron chi connectivity index (χ2n) is 4.34. The van der Waals surface area contributed by atoms with Crippen LogP contribution in [0.4, 0.5) is 0 Å². The van der Waals surface area contributed by atoms with Crippen molar-refractivity contribution >= 4 is 0 Å². The fraction of sp³-hybridized carbons (Fsp3) is 0.538. The molecule has 4 nitrogen and oxygen atoms in total. The summed E-state index contributed by atoms with van der Waals surface area (Å²) in [5.74, 6) is 0.778. The maximum Gasteiger partial charge on any atom is 0.292 e. The molecule has 0 saturated heterocycles. The number of hydrogen-bond acceptors (Lipinski definition) is 3. The minimum atomic E-state index is -0.119. The Balaban J connectivity index is 2.70. The van der Waals surface area contributed by atoms with Gasteiger partial charge in [-0.3, -0.25) is 4.79 Å². The molecule has 0 amide bonds. The van der Waals surface area contributed by atoms with Crippen molar-refractivity contribution in [2.75, 3.05) is 6.61 Å². The normalized spacial score (nSPS) is 10.2. The van der Waals surface area contributed by atoms with E-state index >= 15 is 0 Å². The standard InChI is InChI=1S/C13H18N2O2/c1-11(2)10-17-12-6-5-9-15(13(12)16)8-4-3-7-14/h5-6,9,11H,3-4,8,10H2,1-2H3. The highest BCUT2D eigenvalue weighted by atomic mass is 16.5. The van der Waals surface area contributed by atoms with E-state index in [1.165, 1.54) is 0 Å². The molecule has 0 atom stereocenters. The SMILES string of the molecule is CC(C)COc1cccn(CCCC#N)c1=O. The number of ether oxygens (including phenoxy) is 1. The zero-order chi connectivity index (χ0) is 12.7. The summed E-state index contributed by atoms with van der Waals surface area (Å²) in [6.45, 7) is 5.17. The van der Waals surface area contributed by atoms with Gasteiger partial charge in [0.05, 0.1) is 12.7 Å². The predicted octanol–water partition coefficient (Wildman–Crippen LogP) is 2.19. The Kier molecular flexibility index (Phi) is 5.28. The van der Waals surface area contributed by atoms with E-state index in [2.05, 4.69) is 6.07 Å². The van der Waals surface area contributed by atoms with E-state index in [-0.39, 0.29) is 5.56 Å². The van der Waals surface area contributed by atoms with E-state index in [9.17, 15) is 4.79 Å². The van der Waals surface area contributed by atoms with E-state index in [1.807, 2.05) is 13.8 Å². The van der Waals surface area contributed by atoms with Crippen molar-refractivity contribution in [3.8, 4) is 11.8 Å². The Hall–Kier alpha value is -1.76. The van der Waals surface area contributed by atoms with Crippen LogP contribution in [0.5, 0.6) is 5.75 Å². The van der Waals surface area contributed by atoms with Gasteiger partial charge in [0.2, 0.25) is 0 Å². The van der Waals surface area contributed by atoms with Crippen LogP contribution in [0.25, 0.3) is 0 Å². The maximum absolute atomic E-state index is 11.9. The Morgan fingerprint density at radius 1 is 1.53 bits per heavy atom. The minimum absolute atomic E-state index is 0.119. The highest BCUT2D eigenvalue weighted by molar-refractivity contribution is 5.17. The van der Waals surface area contributed by atoms with Gasteiger partial charge in [0, 0.05) is 19.2 Å². The van der Waals surface area contributed by atoms with Crippen LogP contribution >= 0.6 is 0 Å². The molecule has 4 heteroatoms. The predicted molar refractivity (Wildman–Crippen MR) is 65.9 cm³/mol. The van der Waals surface area contributed by atoms with Crippen molar-refractivity contribution in [3.63, 3.8) is 0 Å². The van der Waals surface area contributed by atoms with Gasteiger partial charge in [0.1, 0.15) is 0 Å². The van der Waals surface area contributed by atoms with Gasteiger partial charge >= 0.3 is 0 Å². The summed E-state index contributed by atoms with van der Waals surface area (Å²) in [6, 6.07) is 5.55. The van der Waals surface area contributed by atoms with Crippen LogP contribution in [0, 0.1) is 17.2 Å². The van der Waals surface area contributed by atoms with Crippen molar-refractivity contribution in [3.05, 3.63) is 28.7 Å². The molecule has 1 aromatic rings. The number of rotatable bonds is 6. The first-order valence-electron chi connectivity index (χ1n) is 5.84. The Bertz CT molecular complexity index is 443.